The third-order valence-electron chi connectivity index (χ3n) is 4.23. The number of carbonyl (C=O) groups excluding carboxylic acids is 2. The lowest BCUT2D eigenvalue weighted by Crippen LogP contribution is -2.40. The van der Waals surface area contributed by atoms with E-state index in [4.69, 9.17) is 9.47 Å². The number of hydrogen-bond acceptors (Lipinski definition) is 4. The van der Waals surface area contributed by atoms with Gasteiger partial charge in [0.25, 0.3) is 5.91 Å². The van der Waals surface area contributed by atoms with Crippen molar-refractivity contribution in [3.8, 4) is 11.5 Å². The van der Waals surface area contributed by atoms with Gasteiger partial charge in [-0.25, -0.2) is 0 Å². The van der Waals surface area contributed by atoms with Crippen molar-refractivity contribution in [2.24, 2.45) is 5.92 Å². The summed E-state index contributed by atoms with van der Waals surface area (Å²) in [5.41, 5.74) is 0.452. The number of piperidine rings is 1. The SMILES string of the molecule is CCC(=O)C1CCN(C(=O)c2c(OC)cccc2OC)CC1. The highest BCUT2D eigenvalue weighted by atomic mass is 16.5. The number of ketones is 1. The van der Waals surface area contributed by atoms with Gasteiger partial charge >= 0.3 is 0 Å². The first-order valence-corrected chi connectivity index (χ1v) is 7.65. The van der Waals surface area contributed by atoms with Crippen LogP contribution in [0.1, 0.15) is 36.5 Å². The fraction of sp³-hybridized carbons (Fsp3) is 0.529. The third-order valence-corrected chi connectivity index (χ3v) is 4.23. The van der Waals surface area contributed by atoms with Gasteiger partial charge in [-0.2, -0.15) is 0 Å². The van der Waals surface area contributed by atoms with Crippen LogP contribution >= 0.6 is 0 Å². The molecule has 0 spiro atoms. The van der Waals surface area contributed by atoms with Gasteiger partial charge in [0.15, 0.2) is 0 Å². The van der Waals surface area contributed by atoms with Crippen LogP contribution in [0.4, 0.5) is 0 Å². The fourth-order valence-corrected chi connectivity index (χ4v) is 2.91. The number of hydrogen-bond donors (Lipinski definition) is 0. The summed E-state index contributed by atoms with van der Waals surface area (Å²) in [6.45, 7) is 3.08. The van der Waals surface area contributed by atoms with Gasteiger partial charge in [0.2, 0.25) is 0 Å². The number of rotatable bonds is 5. The quantitative estimate of drug-likeness (QED) is 0.839. The molecule has 1 heterocycles. The molecule has 5 heteroatoms. The minimum absolute atomic E-state index is 0.0913. The number of methoxy groups -OCH3 is 2. The number of amides is 1. The van der Waals surface area contributed by atoms with E-state index in [0.717, 1.165) is 12.8 Å². The minimum Gasteiger partial charge on any atom is -0.496 e. The molecule has 2 rings (SSSR count). The van der Waals surface area contributed by atoms with Crippen LogP contribution in [0, 0.1) is 5.92 Å². The number of carbonyl (C=O) groups is 2. The first-order valence-electron chi connectivity index (χ1n) is 7.65. The molecule has 1 amide bonds. The Morgan fingerprint density at radius 3 is 2.14 bits per heavy atom. The van der Waals surface area contributed by atoms with Gasteiger partial charge in [0, 0.05) is 25.4 Å². The highest BCUT2D eigenvalue weighted by molar-refractivity contribution is 6.00. The van der Waals surface area contributed by atoms with E-state index < -0.39 is 0 Å². The molecule has 1 aliphatic heterocycles. The standard InChI is InChI=1S/C17H23NO4/c1-4-13(19)12-8-10-18(11-9-12)17(20)16-14(21-2)6-5-7-15(16)22-3/h5-7,12H,4,8-11H2,1-3H3. The van der Waals surface area contributed by atoms with Gasteiger partial charge in [-0.15, -0.1) is 0 Å². The van der Waals surface area contributed by atoms with E-state index in [0.29, 0.717) is 42.4 Å². The molecule has 0 bridgehead atoms. The lowest BCUT2D eigenvalue weighted by atomic mass is 9.91. The molecule has 22 heavy (non-hydrogen) atoms. The Morgan fingerprint density at radius 1 is 1.14 bits per heavy atom. The second kappa shape index (κ2) is 7.29. The van der Waals surface area contributed by atoms with Crippen LogP contribution in [0.15, 0.2) is 18.2 Å². The topological polar surface area (TPSA) is 55.8 Å². The Kier molecular flexibility index (Phi) is 5.41. The highest BCUT2D eigenvalue weighted by Crippen LogP contribution is 2.31. The van der Waals surface area contributed by atoms with Gasteiger partial charge in [-0.3, -0.25) is 9.59 Å². The monoisotopic (exact) mass is 305 g/mol. The zero-order chi connectivity index (χ0) is 16.1. The van der Waals surface area contributed by atoms with E-state index >= 15 is 0 Å². The molecular weight excluding hydrogens is 282 g/mol. The minimum atomic E-state index is -0.100. The van der Waals surface area contributed by atoms with Crippen molar-refractivity contribution in [2.45, 2.75) is 26.2 Å². The second-order valence-corrected chi connectivity index (χ2v) is 5.42. The molecule has 1 aromatic carbocycles. The van der Waals surface area contributed by atoms with E-state index in [1.807, 2.05) is 6.92 Å². The average molecular weight is 305 g/mol. The molecule has 1 saturated heterocycles. The van der Waals surface area contributed by atoms with Crippen LogP contribution in [0.5, 0.6) is 11.5 Å². The molecule has 0 radical (unpaired) electrons. The Bertz CT molecular complexity index is 525. The number of likely N-dealkylation sites (tertiary alicyclic amines) is 1. The number of ether oxygens (including phenoxy) is 2. The molecule has 5 nitrogen and oxygen atoms in total. The first kappa shape index (κ1) is 16.3. The predicted octanol–water partition coefficient (Wildman–Crippen LogP) is 2.54. The maximum absolute atomic E-state index is 12.8. The highest BCUT2D eigenvalue weighted by Gasteiger charge is 2.29. The summed E-state index contributed by atoms with van der Waals surface area (Å²) in [6.07, 6.45) is 2.03. The lowest BCUT2D eigenvalue weighted by Gasteiger charge is -2.31. The molecule has 0 atom stereocenters. The molecule has 0 unspecified atom stereocenters. The van der Waals surface area contributed by atoms with E-state index in [1.165, 1.54) is 14.2 Å². The average Bonchev–Trinajstić information content (AvgIpc) is 2.59. The van der Waals surface area contributed by atoms with Gasteiger partial charge in [0.1, 0.15) is 22.8 Å². The van der Waals surface area contributed by atoms with Crippen molar-refractivity contribution in [3.05, 3.63) is 23.8 Å². The molecule has 0 aliphatic carbocycles. The van der Waals surface area contributed by atoms with Crippen LogP contribution in [0.3, 0.4) is 0 Å². The predicted molar refractivity (Wildman–Crippen MR) is 83.5 cm³/mol. The summed E-state index contributed by atoms with van der Waals surface area (Å²) in [5, 5.41) is 0. The van der Waals surface area contributed by atoms with Crippen molar-refractivity contribution < 1.29 is 19.1 Å². The molecule has 1 fully saturated rings. The zero-order valence-corrected chi connectivity index (χ0v) is 13.4. The van der Waals surface area contributed by atoms with E-state index in [2.05, 4.69) is 0 Å². The van der Waals surface area contributed by atoms with Crippen LogP contribution in [-0.4, -0.2) is 43.9 Å². The van der Waals surface area contributed by atoms with Crippen molar-refractivity contribution in [2.75, 3.05) is 27.3 Å². The summed E-state index contributed by atoms with van der Waals surface area (Å²) < 4.78 is 10.6. The number of benzene rings is 1. The molecule has 120 valence electrons. The third kappa shape index (κ3) is 3.24. The molecular formula is C17H23NO4. The smallest absolute Gasteiger partial charge is 0.261 e. The van der Waals surface area contributed by atoms with Crippen LogP contribution < -0.4 is 9.47 Å². The Hall–Kier alpha value is -2.04. The molecule has 0 N–H and O–H groups in total. The van der Waals surface area contributed by atoms with Gasteiger partial charge in [0.05, 0.1) is 14.2 Å². The van der Waals surface area contributed by atoms with Crippen molar-refractivity contribution >= 4 is 11.7 Å². The van der Waals surface area contributed by atoms with Gasteiger partial charge < -0.3 is 14.4 Å². The lowest BCUT2D eigenvalue weighted by molar-refractivity contribution is -0.123. The van der Waals surface area contributed by atoms with E-state index in [-0.39, 0.29) is 11.8 Å². The maximum Gasteiger partial charge on any atom is 0.261 e. The molecule has 1 aromatic rings. The Balaban J connectivity index is 2.15. The largest absolute Gasteiger partial charge is 0.496 e. The zero-order valence-electron chi connectivity index (χ0n) is 13.4. The van der Waals surface area contributed by atoms with Crippen molar-refractivity contribution in [1.29, 1.82) is 0 Å². The number of nitrogens with zero attached hydrogens (tertiary/aromatic N) is 1. The summed E-state index contributed by atoms with van der Waals surface area (Å²) in [4.78, 5) is 26.3. The van der Waals surface area contributed by atoms with E-state index in [1.54, 1.807) is 23.1 Å². The summed E-state index contributed by atoms with van der Waals surface area (Å²) in [5.74, 6) is 1.31. The van der Waals surface area contributed by atoms with Crippen molar-refractivity contribution in [3.63, 3.8) is 0 Å². The Labute approximate surface area is 131 Å². The molecule has 0 saturated carbocycles. The van der Waals surface area contributed by atoms with Crippen LogP contribution in [-0.2, 0) is 4.79 Å². The summed E-state index contributed by atoms with van der Waals surface area (Å²) in [6, 6.07) is 5.30. The number of Topliss-reactive ketones (excluding diaryl/α,β-unsaturated/α-hetero) is 1. The van der Waals surface area contributed by atoms with Gasteiger partial charge in [-0.05, 0) is 25.0 Å². The summed E-state index contributed by atoms with van der Waals surface area (Å²) >= 11 is 0. The van der Waals surface area contributed by atoms with E-state index in [9.17, 15) is 9.59 Å². The second-order valence-electron chi connectivity index (χ2n) is 5.42. The fourth-order valence-electron chi connectivity index (χ4n) is 2.91. The molecule has 1 aliphatic rings. The normalized spacial score (nSPS) is 15.5. The van der Waals surface area contributed by atoms with Crippen molar-refractivity contribution in [1.82, 2.24) is 4.90 Å². The first-order chi connectivity index (χ1) is 10.6. The van der Waals surface area contributed by atoms with Crippen LogP contribution in [0.25, 0.3) is 0 Å². The summed E-state index contributed by atoms with van der Waals surface area (Å²) in [7, 11) is 3.08. The van der Waals surface area contributed by atoms with Crippen LogP contribution in [0.2, 0.25) is 0 Å². The molecule has 0 aromatic heterocycles. The maximum atomic E-state index is 12.8. The van der Waals surface area contributed by atoms with Gasteiger partial charge in [-0.1, -0.05) is 13.0 Å². The Morgan fingerprint density at radius 2 is 1.68 bits per heavy atom.